The van der Waals surface area contributed by atoms with Crippen molar-refractivity contribution in [3.63, 3.8) is 0 Å². The Kier molecular flexibility index (Phi) is 26.1. The van der Waals surface area contributed by atoms with Gasteiger partial charge >= 0.3 is 29.0 Å². The molecule has 0 aliphatic rings. The van der Waals surface area contributed by atoms with Crippen LogP contribution in [0.2, 0.25) is 0 Å². The predicted molar refractivity (Wildman–Crippen MR) is 228 cm³/mol. The average Bonchev–Trinajstić information content (AvgIpc) is 3.24. The molecule has 4 unspecified atom stereocenters. The van der Waals surface area contributed by atoms with E-state index in [1.807, 2.05) is 50.2 Å². The minimum Gasteiger partial charge on any atom is -0.491 e. The zero-order chi connectivity index (χ0) is 43.6. The van der Waals surface area contributed by atoms with Crippen LogP contribution in [0.1, 0.15) is 66.2 Å². The summed E-state index contributed by atoms with van der Waals surface area (Å²) in [6, 6.07) is 11.5. The number of methoxy groups -OCH3 is 2. The minimum absolute atomic E-state index is 0.0532. The fourth-order valence-corrected chi connectivity index (χ4v) is 6.54. The first kappa shape index (κ1) is 51.9. The summed E-state index contributed by atoms with van der Waals surface area (Å²) in [5.41, 5.74) is -2.40. The second kappa shape index (κ2) is 29.2. The Morgan fingerprint density at radius 2 is 1.16 bits per heavy atom. The van der Waals surface area contributed by atoms with Gasteiger partial charge in [-0.2, -0.15) is 0 Å². The molecular formula is C40H61N3O13S2. The zero-order valence-electron chi connectivity index (χ0n) is 34.4. The van der Waals surface area contributed by atoms with Crippen LogP contribution in [0.4, 0.5) is 0 Å². The number of hydrogen-bond acceptors (Lipinski definition) is 15. The van der Waals surface area contributed by atoms with Gasteiger partial charge in [-0.3, -0.25) is 9.59 Å². The molecule has 0 aliphatic heterocycles. The van der Waals surface area contributed by atoms with Gasteiger partial charge in [-0.25, -0.2) is 28.1 Å². The molecule has 0 radical (unpaired) electrons. The summed E-state index contributed by atoms with van der Waals surface area (Å²) >= 11 is 0. The van der Waals surface area contributed by atoms with Gasteiger partial charge in [0, 0.05) is 16.9 Å². The average molecular weight is 856 g/mol. The topological polar surface area (TPSA) is 218 Å². The maximum atomic E-state index is 12.3. The number of hydrogen-bond donors (Lipinski definition) is 4. The number of carbonyl (C=O) groups excluding carboxylic acids is 2. The van der Waals surface area contributed by atoms with Gasteiger partial charge in [0.15, 0.2) is 0 Å². The molecule has 1 heterocycles. The normalized spacial score (nSPS) is 12.8. The van der Waals surface area contributed by atoms with Crippen LogP contribution in [-0.4, -0.2) is 109 Å². The Morgan fingerprint density at radius 1 is 0.690 bits per heavy atom. The zero-order valence-corrected chi connectivity index (χ0v) is 36.0. The van der Waals surface area contributed by atoms with E-state index in [0.29, 0.717) is 56.6 Å². The highest BCUT2D eigenvalue weighted by atomic mass is 33.1. The van der Waals surface area contributed by atoms with Crippen molar-refractivity contribution in [2.45, 2.75) is 110 Å². The van der Waals surface area contributed by atoms with Gasteiger partial charge in [0.2, 0.25) is 0 Å². The molecule has 2 aromatic carbocycles. The van der Waals surface area contributed by atoms with Crippen LogP contribution in [0.25, 0.3) is 10.8 Å². The molecule has 18 heteroatoms. The summed E-state index contributed by atoms with van der Waals surface area (Å²) in [5, 5.41) is 40.6. The lowest BCUT2D eigenvalue weighted by atomic mass is 10.1. The molecule has 0 fully saturated rings. The largest absolute Gasteiger partial charge is 0.491 e. The third-order valence-electron chi connectivity index (χ3n) is 8.37. The van der Waals surface area contributed by atoms with E-state index in [9.17, 15) is 44.4 Å². The molecule has 0 spiro atoms. The van der Waals surface area contributed by atoms with Crippen LogP contribution in [-0.2, 0) is 38.7 Å². The van der Waals surface area contributed by atoms with Crippen LogP contribution in [0.15, 0.2) is 63.4 Å². The highest BCUT2D eigenvalue weighted by Crippen LogP contribution is 2.29. The minimum atomic E-state index is -0.871. The number of carbonyl (C=O) groups is 2. The Morgan fingerprint density at radius 3 is 1.60 bits per heavy atom. The number of aromatic nitrogens is 3. The third-order valence-corrected chi connectivity index (χ3v) is 10.8. The molecule has 3 rings (SSSR count). The first-order chi connectivity index (χ1) is 27.7. The van der Waals surface area contributed by atoms with E-state index in [1.165, 1.54) is 20.3 Å². The predicted octanol–water partition coefficient (Wildman–Crippen LogP) is 3.53. The molecule has 4 atom stereocenters. The number of rotatable bonds is 23. The molecule has 1 aromatic heterocycles. The molecule has 4 N–H and O–H groups in total. The first-order valence-electron chi connectivity index (χ1n) is 19.1. The second-order valence-electron chi connectivity index (χ2n) is 12.8. The number of aliphatic hydroxyl groups excluding tert-OH is 4. The van der Waals surface area contributed by atoms with Crippen LogP contribution in [0.5, 0.6) is 11.5 Å². The number of fused-ring (bicyclic) bond motifs is 1. The van der Waals surface area contributed by atoms with Crippen molar-refractivity contribution in [1.82, 2.24) is 13.7 Å². The third kappa shape index (κ3) is 18.7. The lowest BCUT2D eigenvalue weighted by molar-refractivity contribution is -0.141. The van der Waals surface area contributed by atoms with Crippen LogP contribution in [0.3, 0.4) is 0 Å². The lowest BCUT2D eigenvalue weighted by Crippen LogP contribution is -2.56. The molecule has 0 saturated heterocycles. The number of ether oxygens (including phenoxy) is 4. The number of benzene rings is 2. The van der Waals surface area contributed by atoms with E-state index in [-0.39, 0.29) is 38.2 Å². The summed E-state index contributed by atoms with van der Waals surface area (Å²) in [4.78, 5) is 58.2. The van der Waals surface area contributed by atoms with E-state index in [2.05, 4.69) is 16.1 Å². The first-order valence-corrected chi connectivity index (χ1v) is 21.6. The number of nitrogens with zero attached hydrogens (tertiary/aromatic N) is 3. The number of esters is 2. The number of allylic oxidation sites excluding steroid dienone is 1. The van der Waals surface area contributed by atoms with Gasteiger partial charge in [-0.05, 0) is 55.3 Å². The van der Waals surface area contributed by atoms with Gasteiger partial charge in [0.05, 0.1) is 71.1 Å². The van der Waals surface area contributed by atoms with Crippen molar-refractivity contribution >= 4 is 44.3 Å². The van der Waals surface area contributed by atoms with Crippen molar-refractivity contribution in [3.8, 4) is 11.5 Å². The van der Waals surface area contributed by atoms with Crippen molar-refractivity contribution < 1.29 is 49.0 Å². The highest BCUT2D eigenvalue weighted by molar-refractivity contribution is 8.76. The van der Waals surface area contributed by atoms with Crippen LogP contribution in [0, 0.1) is 0 Å². The smallest absolute Gasteiger partial charge is 0.336 e. The van der Waals surface area contributed by atoms with Gasteiger partial charge < -0.3 is 39.4 Å². The molecular weight excluding hydrogens is 795 g/mol. The van der Waals surface area contributed by atoms with Crippen LogP contribution < -0.4 is 26.5 Å². The van der Waals surface area contributed by atoms with Crippen LogP contribution >= 0.6 is 21.6 Å². The Bertz CT molecular complexity index is 1790. The van der Waals surface area contributed by atoms with E-state index in [4.69, 9.17) is 9.47 Å². The van der Waals surface area contributed by atoms with E-state index < -0.39 is 41.5 Å². The monoisotopic (exact) mass is 855 g/mol. The number of aliphatic hydroxyl groups is 4. The molecule has 326 valence electrons. The van der Waals surface area contributed by atoms with Crippen molar-refractivity contribution in [3.05, 3.63) is 80.5 Å². The Hall–Kier alpha value is -4.07. The summed E-state index contributed by atoms with van der Waals surface area (Å²) < 4.78 is 22.7. The van der Waals surface area contributed by atoms with Gasteiger partial charge in [0.25, 0.3) is 0 Å². The van der Waals surface area contributed by atoms with Crippen molar-refractivity contribution in [2.24, 2.45) is 0 Å². The van der Waals surface area contributed by atoms with Crippen molar-refractivity contribution in [1.29, 1.82) is 0 Å². The second-order valence-corrected chi connectivity index (χ2v) is 15.5. The molecule has 58 heavy (non-hydrogen) atoms. The van der Waals surface area contributed by atoms with E-state index in [0.717, 1.165) is 36.0 Å². The molecule has 0 amide bonds. The Labute approximate surface area is 347 Å². The van der Waals surface area contributed by atoms with Gasteiger partial charge in [0.1, 0.15) is 24.7 Å². The SMILES string of the molecule is C=CCn1c(=O)n(CC(O)CC)c(=O)n(CC(O)CC)c1=O.CCC(O)COc1ccc2c(OCC(O)CC)cccc2c1.COC(=O)CCSSCCC(=O)OC. The van der Waals surface area contributed by atoms with Crippen molar-refractivity contribution in [2.75, 3.05) is 38.9 Å². The summed E-state index contributed by atoms with van der Waals surface area (Å²) in [7, 11) is 5.86. The quantitative estimate of drug-likeness (QED) is 0.0464. The molecule has 0 saturated carbocycles. The summed E-state index contributed by atoms with van der Waals surface area (Å²) in [5.74, 6) is 2.49. The van der Waals surface area contributed by atoms with E-state index >= 15 is 0 Å². The molecule has 0 aliphatic carbocycles. The lowest BCUT2D eigenvalue weighted by Gasteiger charge is -2.16. The molecule has 0 bridgehead atoms. The standard InChI is InChI=1S/C18H24O4.C14H23N3O5.C8H14O4S2/c1-3-14(19)11-21-16-8-9-17-13(10-16)6-5-7-18(17)22-12-15(20)4-2;1-4-7-15-12(20)16(8-10(18)5-2)14(22)17(13(15)21)9-11(19)6-3;1-11-7(9)3-5-13-14-6-4-8(10)12-2/h5-10,14-15,19-20H,3-4,11-12H2,1-2H3;4,10-11,18-19H,1,5-9H2,2-3H3;3-6H2,1-2H3. The van der Waals surface area contributed by atoms with E-state index in [1.54, 1.807) is 35.4 Å². The maximum absolute atomic E-state index is 12.3. The summed E-state index contributed by atoms with van der Waals surface area (Å²) in [6.07, 6.45) is 1.62. The van der Waals surface area contributed by atoms with Gasteiger partial charge in [-0.1, -0.05) is 67.5 Å². The Balaban J connectivity index is 0.000000448. The molecule has 16 nitrogen and oxygen atoms in total. The van der Waals surface area contributed by atoms with Gasteiger partial charge in [-0.15, -0.1) is 6.58 Å². The highest BCUT2D eigenvalue weighted by Gasteiger charge is 2.18. The molecule has 3 aromatic rings. The maximum Gasteiger partial charge on any atom is 0.336 e. The fraction of sp³-hybridized carbons (Fsp3) is 0.575. The summed E-state index contributed by atoms with van der Waals surface area (Å²) in [6.45, 7) is 10.9. The fourth-order valence-electron chi connectivity index (χ4n) is 4.59.